The molecule has 2 aliphatic heterocycles. The Bertz CT molecular complexity index is 601. The maximum Gasteiger partial charge on any atom is 0.271 e. The summed E-state index contributed by atoms with van der Waals surface area (Å²) in [5.74, 6) is 0.371. The van der Waals surface area contributed by atoms with Gasteiger partial charge in [-0.2, -0.15) is 0 Å². The molecule has 1 amide bonds. The zero-order valence-electron chi connectivity index (χ0n) is 12.9. The summed E-state index contributed by atoms with van der Waals surface area (Å²) in [5.41, 5.74) is 0.463. The van der Waals surface area contributed by atoms with Crippen LogP contribution in [0.1, 0.15) is 6.42 Å². The molecule has 2 heterocycles. The number of carbonyl (C=O) groups is 1. The van der Waals surface area contributed by atoms with Crippen molar-refractivity contribution in [1.29, 1.82) is 0 Å². The van der Waals surface area contributed by atoms with Gasteiger partial charge in [0, 0.05) is 44.9 Å². The average Bonchev–Trinajstić information content (AvgIpc) is 2.57. The maximum atomic E-state index is 12.1. The Labute approximate surface area is 134 Å². The Balaban J connectivity index is 1.67. The first-order chi connectivity index (χ1) is 11.1. The van der Waals surface area contributed by atoms with Gasteiger partial charge in [-0.05, 0) is 19.0 Å². The minimum atomic E-state index is -0.460. The van der Waals surface area contributed by atoms with E-state index in [-0.39, 0.29) is 18.2 Å². The summed E-state index contributed by atoms with van der Waals surface area (Å²) < 4.78 is 5.36. The Kier molecular flexibility index (Phi) is 4.73. The molecule has 8 heteroatoms. The fraction of sp³-hybridized carbons (Fsp3) is 0.533. The van der Waals surface area contributed by atoms with Gasteiger partial charge in [-0.3, -0.25) is 14.9 Å². The van der Waals surface area contributed by atoms with Crippen molar-refractivity contribution in [3.63, 3.8) is 0 Å². The quantitative estimate of drug-likeness (QED) is 0.632. The third-order valence-electron chi connectivity index (χ3n) is 4.16. The number of nitro benzene ring substituents is 1. The number of non-ortho nitro benzene ring substituents is 1. The van der Waals surface area contributed by atoms with Gasteiger partial charge in [0.2, 0.25) is 0 Å². The molecule has 1 saturated heterocycles. The van der Waals surface area contributed by atoms with E-state index in [1.54, 1.807) is 11.0 Å². The van der Waals surface area contributed by atoms with E-state index in [1.807, 2.05) is 0 Å². The largest absolute Gasteiger partial charge is 0.482 e. The summed E-state index contributed by atoms with van der Waals surface area (Å²) in [6.45, 7) is 5.45. The number of benzene rings is 1. The number of nitrogens with one attached hydrogen (secondary N) is 1. The van der Waals surface area contributed by atoms with Crippen molar-refractivity contribution in [2.75, 3.05) is 50.8 Å². The van der Waals surface area contributed by atoms with Crippen LogP contribution in [0, 0.1) is 10.1 Å². The Morgan fingerprint density at radius 1 is 1.26 bits per heavy atom. The number of rotatable bonds is 5. The van der Waals surface area contributed by atoms with E-state index in [9.17, 15) is 14.9 Å². The van der Waals surface area contributed by atoms with E-state index in [0.717, 1.165) is 39.1 Å². The number of hydrogen-bond acceptors (Lipinski definition) is 6. The molecule has 0 saturated carbocycles. The van der Waals surface area contributed by atoms with Crippen LogP contribution >= 0.6 is 0 Å². The number of ether oxygens (including phenoxy) is 1. The Hall–Kier alpha value is -2.19. The van der Waals surface area contributed by atoms with Crippen LogP contribution in [0.15, 0.2) is 18.2 Å². The third-order valence-corrected chi connectivity index (χ3v) is 4.16. The predicted octanol–water partition coefficient (Wildman–Crippen LogP) is 0.615. The van der Waals surface area contributed by atoms with Crippen LogP contribution in [0.25, 0.3) is 0 Å². The number of anilines is 1. The molecule has 0 aliphatic carbocycles. The zero-order valence-corrected chi connectivity index (χ0v) is 12.9. The molecule has 0 unspecified atom stereocenters. The molecule has 0 bridgehead atoms. The van der Waals surface area contributed by atoms with Crippen LogP contribution in [-0.2, 0) is 4.79 Å². The summed E-state index contributed by atoms with van der Waals surface area (Å²) >= 11 is 0. The van der Waals surface area contributed by atoms with Gasteiger partial charge in [0.15, 0.2) is 6.61 Å². The van der Waals surface area contributed by atoms with E-state index in [2.05, 4.69) is 10.2 Å². The highest BCUT2D eigenvalue weighted by Gasteiger charge is 2.27. The average molecular weight is 320 g/mol. The first-order valence-corrected chi connectivity index (χ1v) is 7.80. The van der Waals surface area contributed by atoms with E-state index < -0.39 is 4.92 Å². The molecule has 1 aromatic carbocycles. The van der Waals surface area contributed by atoms with E-state index in [0.29, 0.717) is 18.0 Å². The molecular weight excluding hydrogens is 300 g/mol. The topological polar surface area (TPSA) is 87.9 Å². The van der Waals surface area contributed by atoms with Crippen LogP contribution in [-0.4, -0.2) is 61.6 Å². The van der Waals surface area contributed by atoms with Gasteiger partial charge in [0.1, 0.15) is 5.75 Å². The van der Waals surface area contributed by atoms with Crippen molar-refractivity contribution in [2.24, 2.45) is 0 Å². The minimum Gasteiger partial charge on any atom is -0.482 e. The molecule has 124 valence electrons. The van der Waals surface area contributed by atoms with Crippen LogP contribution in [0.4, 0.5) is 11.4 Å². The molecule has 1 N–H and O–H groups in total. The SMILES string of the molecule is O=C1COc2ccc([N+](=O)[O-])cc2N1CCCN1CCNCC1. The van der Waals surface area contributed by atoms with Gasteiger partial charge in [0.05, 0.1) is 10.6 Å². The molecule has 0 atom stereocenters. The molecule has 2 aliphatic rings. The lowest BCUT2D eigenvalue weighted by atomic mass is 10.2. The summed E-state index contributed by atoms with van der Waals surface area (Å²) in [6.07, 6.45) is 0.827. The van der Waals surface area contributed by atoms with Crippen molar-refractivity contribution < 1.29 is 14.5 Å². The van der Waals surface area contributed by atoms with Gasteiger partial charge in [-0.25, -0.2) is 0 Å². The second-order valence-electron chi connectivity index (χ2n) is 5.69. The number of hydrogen-bond donors (Lipinski definition) is 1. The highest BCUT2D eigenvalue weighted by molar-refractivity contribution is 5.98. The van der Waals surface area contributed by atoms with Crippen molar-refractivity contribution >= 4 is 17.3 Å². The fourth-order valence-electron chi connectivity index (χ4n) is 2.94. The number of piperazine rings is 1. The van der Waals surface area contributed by atoms with Crippen molar-refractivity contribution in [2.45, 2.75) is 6.42 Å². The first kappa shape index (κ1) is 15.7. The molecular formula is C15H20N4O4. The van der Waals surface area contributed by atoms with E-state index in [4.69, 9.17) is 4.74 Å². The van der Waals surface area contributed by atoms with Crippen molar-refractivity contribution in [3.05, 3.63) is 28.3 Å². The maximum absolute atomic E-state index is 12.1. The lowest BCUT2D eigenvalue weighted by Gasteiger charge is -2.31. The minimum absolute atomic E-state index is 0.0154. The molecule has 1 aromatic rings. The van der Waals surface area contributed by atoms with Gasteiger partial charge in [0.25, 0.3) is 11.6 Å². The first-order valence-electron chi connectivity index (χ1n) is 7.80. The number of carbonyl (C=O) groups excluding carboxylic acids is 1. The molecule has 0 radical (unpaired) electrons. The smallest absolute Gasteiger partial charge is 0.271 e. The number of amides is 1. The van der Waals surface area contributed by atoms with Gasteiger partial charge >= 0.3 is 0 Å². The summed E-state index contributed by atoms with van der Waals surface area (Å²) in [6, 6.07) is 4.37. The second-order valence-corrected chi connectivity index (χ2v) is 5.69. The lowest BCUT2D eigenvalue weighted by Crippen LogP contribution is -2.45. The number of nitro groups is 1. The Morgan fingerprint density at radius 2 is 2.04 bits per heavy atom. The highest BCUT2D eigenvalue weighted by Crippen LogP contribution is 2.35. The van der Waals surface area contributed by atoms with E-state index in [1.165, 1.54) is 12.1 Å². The normalized spacial score (nSPS) is 18.4. The van der Waals surface area contributed by atoms with Crippen molar-refractivity contribution in [3.8, 4) is 5.75 Å². The predicted molar refractivity (Wildman–Crippen MR) is 84.9 cm³/mol. The second kappa shape index (κ2) is 6.93. The number of fused-ring (bicyclic) bond motifs is 1. The molecule has 1 fully saturated rings. The van der Waals surface area contributed by atoms with E-state index >= 15 is 0 Å². The molecule has 0 aromatic heterocycles. The van der Waals surface area contributed by atoms with Crippen LogP contribution in [0.5, 0.6) is 5.75 Å². The van der Waals surface area contributed by atoms with Crippen molar-refractivity contribution in [1.82, 2.24) is 10.2 Å². The van der Waals surface area contributed by atoms with Crippen LogP contribution in [0.3, 0.4) is 0 Å². The fourth-order valence-corrected chi connectivity index (χ4v) is 2.94. The van der Waals surface area contributed by atoms with Crippen LogP contribution in [0.2, 0.25) is 0 Å². The van der Waals surface area contributed by atoms with Gasteiger partial charge in [-0.1, -0.05) is 0 Å². The van der Waals surface area contributed by atoms with Gasteiger partial charge in [-0.15, -0.1) is 0 Å². The molecule has 0 spiro atoms. The lowest BCUT2D eigenvalue weighted by molar-refractivity contribution is -0.384. The Morgan fingerprint density at radius 3 is 2.78 bits per heavy atom. The summed E-state index contributed by atoms with van der Waals surface area (Å²) in [5, 5.41) is 14.2. The monoisotopic (exact) mass is 320 g/mol. The van der Waals surface area contributed by atoms with Crippen LogP contribution < -0.4 is 15.0 Å². The molecule has 3 rings (SSSR count). The molecule has 8 nitrogen and oxygen atoms in total. The highest BCUT2D eigenvalue weighted by atomic mass is 16.6. The summed E-state index contributed by atoms with van der Waals surface area (Å²) in [7, 11) is 0. The summed E-state index contributed by atoms with van der Waals surface area (Å²) in [4.78, 5) is 26.6. The zero-order chi connectivity index (χ0) is 16.2. The third kappa shape index (κ3) is 3.59. The molecule has 23 heavy (non-hydrogen) atoms. The van der Waals surface area contributed by atoms with Gasteiger partial charge < -0.3 is 19.9 Å². The number of nitrogens with zero attached hydrogens (tertiary/aromatic N) is 3. The standard InChI is InChI=1S/C15H20N4O4/c20-15-11-23-14-3-2-12(19(21)22)10-13(14)18(15)7-1-6-17-8-4-16-5-9-17/h2-3,10,16H,1,4-9,11H2.